The van der Waals surface area contributed by atoms with Crippen LogP contribution in [0.1, 0.15) is 28.5 Å². The fourth-order valence-electron chi connectivity index (χ4n) is 2.07. The molecule has 0 fully saturated rings. The van der Waals surface area contributed by atoms with E-state index in [0.717, 1.165) is 11.1 Å². The number of pyridine rings is 1. The summed E-state index contributed by atoms with van der Waals surface area (Å²) in [5, 5.41) is 0. The van der Waals surface area contributed by atoms with Gasteiger partial charge in [-0.3, -0.25) is 9.78 Å². The zero-order valence-corrected chi connectivity index (χ0v) is 11.8. The predicted molar refractivity (Wildman–Crippen MR) is 80.2 cm³/mol. The van der Waals surface area contributed by atoms with Crippen molar-refractivity contribution < 1.29 is 4.79 Å². The Balaban J connectivity index is 2.23. The SMILES string of the molecule is CCN(Cc1ccccc1N)C(=O)c1ncccc1C. The zero-order valence-electron chi connectivity index (χ0n) is 11.8. The van der Waals surface area contributed by atoms with Crippen molar-refractivity contribution in [3.8, 4) is 0 Å². The maximum atomic E-state index is 12.5. The second-order valence-electron chi connectivity index (χ2n) is 4.69. The number of nitrogens with two attached hydrogens (primary N) is 1. The fourth-order valence-corrected chi connectivity index (χ4v) is 2.07. The Labute approximate surface area is 119 Å². The van der Waals surface area contributed by atoms with Crippen LogP contribution in [0.2, 0.25) is 0 Å². The summed E-state index contributed by atoms with van der Waals surface area (Å²) < 4.78 is 0. The molecule has 4 nitrogen and oxygen atoms in total. The van der Waals surface area contributed by atoms with Crippen LogP contribution in [0.5, 0.6) is 0 Å². The molecule has 0 unspecified atom stereocenters. The van der Waals surface area contributed by atoms with Crippen molar-refractivity contribution in [2.75, 3.05) is 12.3 Å². The number of para-hydroxylation sites is 1. The van der Waals surface area contributed by atoms with Crippen molar-refractivity contribution in [2.24, 2.45) is 0 Å². The highest BCUT2D eigenvalue weighted by Gasteiger charge is 2.18. The van der Waals surface area contributed by atoms with Gasteiger partial charge in [-0.2, -0.15) is 0 Å². The van der Waals surface area contributed by atoms with Crippen molar-refractivity contribution in [1.82, 2.24) is 9.88 Å². The zero-order chi connectivity index (χ0) is 14.5. The first kappa shape index (κ1) is 14.1. The summed E-state index contributed by atoms with van der Waals surface area (Å²) >= 11 is 0. The van der Waals surface area contributed by atoms with Crippen molar-refractivity contribution in [1.29, 1.82) is 0 Å². The highest BCUT2D eigenvalue weighted by molar-refractivity contribution is 5.93. The lowest BCUT2D eigenvalue weighted by molar-refractivity contribution is 0.0746. The molecule has 0 aliphatic carbocycles. The van der Waals surface area contributed by atoms with E-state index in [2.05, 4.69) is 4.98 Å². The molecular formula is C16H19N3O. The number of hydrogen-bond donors (Lipinski definition) is 1. The van der Waals surface area contributed by atoms with Crippen molar-refractivity contribution in [3.63, 3.8) is 0 Å². The third-order valence-electron chi connectivity index (χ3n) is 3.30. The van der Waals surface area contributed by atoms with E-state index in [-0.39, 0.29) is 5.91 Å². The van der Waals surface area contributed by atoms with E-state index in [1.807, 2.05) is 50.2 Å². The van der Waals surface area contributed by atoms with Gasteiger partial charge >= 0.3 is 0 Å². The molecule has 0 radical (unpaired) electrons. The molecule has 2 rings (SSSR count). The van der Waals surface area contributed by atoms with Crippen LogP contribution in [-0.2, 0) is 6.54 Å². The summed E-state index contributed by atoms with van der Waals surface area (Å²) in [5.74, 6) is -0.0612. The quantitative estimate of drug-likeness (QED) is 0.868. The van der Waals surface area contributed by atoms with Gasteiger partial charge in [0.2, 0.25) is 0 Å². The number of nitrogens with zero attached hydrogens (tertiary/aromatic N) is 2. The van der Waals surface area contributed by atoms with E-state index in [0.29, 0.717) is 24.5 Å². The van der Waals surface area contributed by atoms with Gasteiger partial charge in [0.05, 0.1) is 0 Å². The highest BCUT2D eigenvalue weighted by atomic mass is 16.2. The molecule has 0 spiro atoms. The average Bonchev–Trinajstić information content (AvgIpc) is 2.46. The number of nitrogen functional groups attached to an aromatic ring is 1. The number of aromatic nitrogens is 1. The molecule has 0 saturated heterocycles. The monoisotopic (exact) mass is 269 g/mol. The Morgan fingerprint density at radius 3 is 2.65 bits per heavy atom. The Morgan fingerprint density at radius 2 is 2.00 bits per heavy atom. The summed E-state index contributed by atoms with van der Waals surface area (Å²) in [6.07, 6.45) is 1.64. The largest absolute Gasteiger partial charge is 0.398 e. The standard InChI is InChI=1S/C16H19N3O/c1-3-19(11-13-8-4-5-9-14(13)17)16(20)15-12(2)7-6-10-18-15/h4-10H,3,11,17H2,1-2H3. The van der Waals surface area contributed by atoms with Crippen LogP contribution < -0.4 is 5.73 Å². The molecule has 4 heteroatoms. The molecule has 2 aromatic rings. The van der Waals surface area contributed by atoms with Crippen LogP contribution >= 0.6 is 0 Å². The molecule has 0 saturated carbocycles. The minimum absolute atomic E-state index is 0.0612. The lowest BCUT2D eigenvalue weighted by Gasteiger charge is -2.22. The third kappa shape index (κ3) is 2.96. The van der Waals surface area contributed by atoms with Crippen LogP contribution in [0.25, 0.3) is 0 Å². The normalized spacial score (nSPS) is 10.3. The summed E-state index contributed by atoms with van der Waals surface area (Å²) in [4.78, 5) is 18.5. The Bertz CT molecular complexity index is 610. The van der Waals surface area contributed by atoms with Gasteiger partial charge in [-0.1, -0.05) is 24.3 Å². The number of benzene rings is 1. The molecule has 104 valence electrons. The van der Waals surface area contributed by atoms with Gasteiger partial charge in [0.1, 0.15) is 5.69 Å². The van der Waals surface area contributed by atoms with E-state index in [1.54, 1.807) is 11.1 Å². The molecule has 2 N–H and O–H groups in total. The third-order valence-corrected chi connectivity index (χ3v) is 3.30. The van der Waals surface area contributed by atoms with Crippen molar-refractivity contribution >= 4 is 11.6 Å². The molecule has 1 heterocycles. The van der Waals surface area contributed by atoms with E-state index >= 15 is 0 Å². The van der Waals surface area contributed by atoms with E-state index < -0.39 is 0 Å². The first-order chi connectivity index (χ1) is 9.63. The molecule has 20 heavy (non-hydrogen) atoms. The predicted octanol–water partition coefficient (Wildman–Crippen LogP) is 2.63. The number of hydrogen-bond acceptors (Lipinski definition) is 3. The molecule has 1 aromatic heterocycles. The molecule has 0 aliphatic heterocycles. The lowest BCUT2D eigenvalue weighted by atomic mass is 10.1. The van der Waals surface area contributed by atoms with Gasteiger partial charge in [0.15, 0.2) is 0 Å². The maximum Gasteiger partial charge on any atom is 0.273 e. The Morgan fingerprint density at radius 1 is 1.25 bits per heavy atom. The number of anilines is 1. The minimum Gasteiger partial charge on any atom is -0.398 e. The van der Waals surface area contributed by atoms with Crippen LogP contribution in [0, 0.1) is 6.92 Å². The second-order valence-corrected chi connectivity index (χ2v) is 4.69. The number of carbonyl (C=O) groups excluding carboxylic acids is 1. The average molecular weight is 269 g/mol. The summed E-state index contributed by atoms with van der Waals surface area (Å²) in [7, 11) is 0. The topological polar surface area (TPSA) is 59.2 Å². The Kier molecular flexibility index (Phi) is 4.35. The van der Waals surface area contributed by atoms with Gasteiger partial charge in [0, 0.05) is 25.0 Å². The minimum atomic E-state index is -0.0612. The first-order valence-electron chi connectivity index (χ1n) is 6.67. The molecule has 0 atom stereocenters. The van der Waals surface area contributed by atoms with Gasteiger partial charge in [-0.05, 0) is 37.1 Å². The van der Waals surface area contributed by atoms with Crippen LogP contribution in [0.4, 0.5) is 5.69 Å². The Hall–Kier alpha value is -2.36. The van der Waals surface area contributed by atoms with Gasteiger partial charge in [0.25, 0.3) is 5.91 Å². The lowest BCUT2D eigenvalue weighted by Crippen LogP contribution is -2.31. The van der Waals surface area contributed by atoms with Gasteiger partial charge < -0.3 is 10.6 Å². The summed E-state index contributed by atoms with van der Waals surface area (Å²) in [5.41, 5.74) is 8.99. The van der Waals surface area contributed by atoms with E-state index in [9.17, 15) is 4.79 Å². The summed E-state index contributed by atoms with van der Waals surface area (Å²) in [6.45, 7) is 4.96. The molecule has 0 bridgehead atoms. The smallest absolute Gasteiger partial charge is 0.273 e. The van der Waals surface area contributed by atoms with Gasteiger partial charge in [-0.25, -0.2) is 0 Å². The van der Waals surface area contributed by atoms with Crippen LogP contribution in [0.3, 0.4) is 0 Å². The van der Waals surface area contributed by atoms with E-state index in [1.165, 1.54) is 0 Å². The molecule has 1 amide bonds. The van der Waals surface area contributed by atoms with Crippen molar-refractivity contribution in [3.05, 3.63) is 59.4 Å². The highest BCUT2D eigenvalue weighted by Crippen LogP contribution is 2.15. The maximum absolute atomic E-state index is 12.5. The van der Waals surface area contributed by atoms with Crippen molar-refractivity contribution in [2.45, 2.75) is 20.4 Å². The fraction of sp³-hybridized carbons (Fsp3) is 0.250. The molecular weight excluding hydrogens is 250 g/mol. The molecule has 0 aliphatic rings. The number of aryl methyl sites for hydroxylation is 1. The molecule has 1 aromatic carbocycles. The van der Waals surface area contributed by atoms with E-state index in [4.69, 9.17) is 5.73 Å². The number of carbonyl (C=O) groups is 1. The van der Waals surface area contributed by atoms with Crippen LogP contribution in [-0.4, -0.2) is 22.3 Å². The number of rotatable bonds is 4. The van der Waals surface area contributed by atoms with Crippen LogP contribution in [0.15, 0.2) is 42.6 Å². The summed E-state index contributed by atoms with van der Waals surface area (Å²) in [6, 6.07) is 11.3. The van der Waals surface area contributed by atoms with Gasteiger partial charge in [-0.15, -0.1) is 0 Å². The number of amides is 1. The first-order valence-corrected chi connectivity index (χ1v) is 6.67. The second kappa shape index (κ2) is 6.19.